The number of amides is 1. The van der Waals surface area contributed by atoms with E-state index in [1.54, 1.807) is 0 Å². The third-order valence-electron chi connectivity index (χ3n) is 4.07. The minimum absolute atomic E-state index is 0.169. The van der Waals surface area contributed by atoms with E-state index >= 15 is 0 Å². The van der Waals surface area contributed by atoms with Crippen LogP contribution in [0.5, 0.6) is 0 Å². The van der Waals surface area contributed by atoms with Gasteiger partial charge in [-0.15, -0.1) is 11.3 Å². The lowest BCUT2D eigenvalue weighted by Gasteiger charge is -2.07. The SMILES string of the molecule is O=C(Cn1cnc2c(-c3ccccc3)csc2c1=O)Nc1ccc(F)cc1. The summed E-state index contributed by atoms with van der Waals surface area (Å²) in [5.74, 6) is -0.768. The number of halogens is 1. The van der Waals surface area contributed by atoms with E-state index in [0.29, 0.717) is 15.9 Å². The van der Waals surface area contributed by atoms with Crippen molar-refractivity contribution in [3.05, 3.63) is 82.5 Å². The van der Waals surface area contributed by atoms with Crippen LogP contribution >= 0.6 is 11.3 Å². The topological polar surface area (TPSA) is 64.0 Å². The van der Waals surface area contributed by atoms with Gasteiger partial charge >= 0.3 is 0 Å². The summed E-state index contributed by atoms with van der Waals surface area (Å²) in [6.45, 7) is -0.169. The van der Waals surface area contributed by atoms with Gasteiger partial charge in [-0.3, -0.25) is 14.2 Å². The quantitative estimate of drug-likeness (QED) is 0.585. The van der Waals surface area contributed by atoms with Crippen molar-refractivity contribution in [2.45, 2.75) is 6.54 Å². The van der Waals surface area contributed by atoms with Crippen LogP contribution < -0.4 is 10.9 Å². The number of hydrogen-bond acceptors (Lipinski definition) is 4. The van der Waals surface area contributed by atoms with Crippen molar-refractivity contribution in [1.29, 1.82) is 0 Å². The molecule has 0 saturated heterocycles. The Morgan fingerprint density at radius 1 is 1.11 bits per heavy atom. The van der Waals surface area contributed by atoms with Crippen LogP contribution in [0.2, 0.25) is 0 Å². The molecule has 4 aromatic rings. The average molecular weight is 379 g/mol. The lowest BCUT2D eigenvalue weighted by atomic mass is 10.1. The summed E-state index contributed by atoms with van der Waals surface area (Å²) in [6, 6.07) is 15.2. The second-order valence-electron chi connectivity index (χ2n) is 5.93. The Morgan fingerprint density at radius 3 is 2.59 bits per heavy atom. The highest BCUT2D eigenvalue weighted by atomic mass is 32.1. The first-order valence-corrected chi connectivity index (χ1v) is 9.07. The fourth-order valence-electron chi connectivity index (χ4n) is 2.77. The predicted molar refractivity (Wildman–Crippen MR) is 104 cm³/mol. The number of fused-ring (bicyclic) bond motifs is 1. The first kappa shape index (κ1) is 17.1. The first-order valence-electron chi connectivity index (χ1n) is 8.19. The van der Waals surface area contributed by atoms with E-state index in [1.165, 1.54) is 46.5 Å². The van der Waals surface area contributed by atoms with Crippen LogP contribution in [0.1, 0.15) is 0 Å². The third-order valence-corrected chi connectivity index (χ3v) is 5.03. The highest BCUT2D eigenvalue weighted by Crippen LogP contribution is 2.30. The molecule has 5 nitrogen and oxygen atoms in total. The largest absolute Gasteiger partial charge is 0.325 e. The smallest absolute Gasteiger partial charge is 0.271 e. The van der Waals surface area contributed by atoms with Gasteiger partial charge in [-0.1, -0.05) is 30.3 Å². The minimum Gasteiger partial charge on any atom is -0.325 e. The molecule has 0 radical (unpaired) electrons. The van der Waals surface area contributed by atoms with Crippen LogP contribution in [-0.4, -0.2) is 15.5 Å². The number of anilines is 1. The number of thiophene rings is 1. The summed E-state index contributed by atoms with van der Waals surface area (Å²) >= 11 is 1.31. The highest BCUT2D eigenvalue weighted by Gasteiger charge is 2.14. The van der Waals surface area contributed by atoms with Crippen molar-refractivity contribution in [2.24, 2.45) is 0 Å². The zero-order valence-corrected chi connectivity index (χ0v) is 14.9. The molecule has 2 heterocycles. The van der Waals surface area contributed by atoms with E-state index in [0.717, 1.165) is 11.1 Å². The number of aromatic nitrogens is 2. The Labute approximate surface area is 157 Å². The molecule has 0 aliphatic rings. The number of rotatable bonds is 4. The summed E-state index contributed by atoms with van der Waals surface area (Å²) < 4.78 is 14.7. The van der Waals surface area contributed by atoms with E-state index in [1.807, 2.05) is 35.7 Å². The third kappa shape index (κ3) is 3.50. The molecule has 0 aliphatic carbocycles. The average Bonchev–Trinajstić information content (AvgIpc) is 3.11. The molecule has 0 aliphatic heterocycles. The fraction of sp³-hybridized carbons (Fsp3) is 0.0500. The van der Waals surface area contributed by atoms with Crippen molar-refractivity contribution < 1.29 is 9.18 Å². The first-order chi connectivity index (χ1) is 13.1. The van der Waals surface area contributed by atoms with Crippen molar-refractivity contribution >= 4 is 33.1 Å². The summed E-state index contributed by atoms with van der Waals surface area (Å²) in [5.41, 5.74) is 2.72. The molecule has 0 bridgehead atoms. The molecule has 27 heavy (non-hydrogen) atoms. The van der Waals surface area contributed by atoms with Gasteiger partial charge in [0.2, 0.25) is 5.91 Å². The van der Waals surface area contributed by atoms with Gasteiger partial charge in [0, 0.05) is 16.6 Å². The molecule has 0 saturated carbocycles. The summed E-state index contributed by atoms with van der Waals surface area (Å²) in [7, 11) is 0. The van der Waals surface area contributed by atoms with Crippen LogP contribution in [0.4, 0.5) is 10.1 Å². The van der Waals surface area contributed by atoms with Gasteiger partial charge in [-0.25, -0.2) is 9.37 Å². The Kier molecular flexibility index (Phi) is 4.52. The maximum atomic E-state index is 12.9. The molecular weight excluding hydrogens is 365 g/mol. The van der Waals surface area contributed by atoms with Gasteiger partial charge in [-0.2, -0.15) is 0 Å². The lowest BCUT2D eigenvalue weighted by molar-refractivity contribution is -0.116. The van der Waals surface area contributed by atoms with Gasteiger partial charge in [-0.05, 0) is 29.8 Å². The number of benzene rings is 2. The highest BCUT2D eigenvalue weighted by molar-refractivity contribution is 7.17. The monoisotopic (exact) mass is 379 g/mol. The molecule has 2 aromatic carbocycles. The minimum atomic E-state index is -0.385. The Morgan fingerprint density at radius 2 is 1.85 bits per heavy atom. The van der Waals surface area contributed by atoms with Crippen LogP contribution in [0.25, 0.3) is 21.3 Å². The zero-order valence-electron chi connectivity index (χ0n) is 14.1. The number of nitrogens with one attached hydrogen (secondary N) is 1. The van der Waals surface area contributed by atoms with Crippen molar-refractivity contribution in [2.75, 3.05) is 5.32 Å². The molecule has 1 N–H and O–H groups in total. The normalized spacial score (nSPS) is 10.9. The lowest BCUT2D eigenvalue weighted by Crippen LogP contribution is -2.27. The molecule has 0 spiro atoms. The predicted octanol–water partition coefficient (Wildman–Crippen LogP) is 3.90. The van der Waals surface area contributed by atoms with Crippen LogP contribution in [0, 0.1) is 5.82 Å². The van der Waals surface area contributed by atoms with E-state index in [-0.39, 0.29) is 23.8 Å². The van der Waals surface area contributed by atoms with Crippen LogP contribution in [0.15, 0.2) is 71.1 Å². The summed E-state index contributed by atoms with van der Waals surface area (Å²) in [6.07, 6.45) is 1.38. The zero-order chi connectivity index (χ0) is 18.8. The van der Waals surface area contributed by atoms with Gasteiger partial charge in [0.15, 0.2) is 0 Å². The molecule has 0 atom stereocenters. The van der Waals surface area contributed by atoms with Crippen LogP contribution in [0.3, 0.4) is 0 Å². The Hall–Kier alpha value is -3.32. The molecular formula is C20H14FN3O2S. The van der Waals surface area contributed by atoms with Gasteiger partial charge in [0.25, 0.3) is 5.56 Å². The number of nitrogens with zero attached hydrogens (tertiary/aromatic N) is 2. The molecule has 134 valence electrons. The van der Waals surface area contributed by atoms with Crippen molar-refractivity contribution in [3.63, 3.8) is 0 Å². The van der Waals surface area contributed by atoms with Crippen LogP contribution in [-0.2, 0) is 11.3 Å². The standard InChI is InChI=1S/C20H14FN3O2S/c21-14-6-8-15(9-7-14)23-17(25)10-24-12-22-18-16(11-27-19(18)20(24)26)13-4-2-1-3-5-13/h1-9,11-12H,10H2,(H,23,25). The fourth-order valence-corrected chi connectivity index (χ4v) is 3.74. The molecule has 0 fully saturated rings. The number of hydrogen-bond donors (Lipinski definition) is 1. The van der Waals surface area contributed by atoms with E-state index in [4.69, 9.17) is 0 Å². The molecule has 4 rings (SSSR count). The van der Waals surface area contributed by atoms with Crippen molar-refractivity contribution in [1.82, 2.24) is 9.55 Å². The molecule has 1 amide bonds. The number of carbonyl (C=O) groups excluding carboxylic acids is 1. The molecule has 2 aromatic heterocycles. The molecule has 7 heteroatoms. The van der Waals surface area contributed by atoms with Gasteiger partial charge in [0.05, 0.1) is 11.8 Å². The van der Waals surface area contributed by atoms with E-state index in [9.17, 15) is 14.0 Å². The van der Waals surface area contributed by atoms with E-state index < -0.39 is 0 Å². The summed E-state index contributed by atoms with van der Waals surface area (Å²) in [4.78, 5) is 29.3. The summed E-state index contributed by atoms with van der Waals surface area (Å²) in [5, 5.41) is 4.53. The van der Waals surface area contributed by atoms with E-state index in [2.05, 4.69) is 10.3 Å². The second-order valence-corrected chi connectivity index (χ2v) is 6.81. The maximum Gasteiger partial charge on any atom is 0.271 e. The van der Waals surface area contributed by atoms with Crippen molar-refractivity contribution in [3.8, 4) is 11.1 Å². The Balaban J connectivity index is 1.60. The maximum absolute atomic E-state index is 12.9. The second kappa shape index (κ2) is 7.13. The molecule has 0 unspecified atom stereocenters. The number of carbonyl (C=O) groups is 1. The Bertz CT molecular complexity index is 1170. The van der Waals surface area contributed by atoms with Gasteiger partial charge in [0.1, 0.15) is 17.1 Å². The van der Waals surface area contributed by atoms with Gasteiger partial charge < -0.3 is 5.32 Å².